The number of aromatic nitrogens is 3. The molecule has 0 radical (unpaired) electrons. The van der Waals surface area contributed by atoms with Gasteiger partial charge in [0.25, 0.3) is 11.5 Å². The molecule has 0 unspecified atom stereocenters. The molecule has 1 amide bonds. The van der Waals surface area contributed by atoms with Crippen LogP contribution in [0.2, 0.25) is 0 Å². The van der Waals surface area contributed by atoms with E-state index in [1.54, 1.807) is 29.0 Å². The third-order valence-electron chi connectivity index (χ3n) is 5.52. The van der Waals surface area contributed by atoms with Crippen molar-refractivity contribution < 1.29 is 14.3 Å². The minimum absolute atomic E-state index is 0.0986. The van der Waals surface area contributed by atoms with Crippen LogP contribution in [-0.2, 0) is 0 Å². The molecule has 4 aromatic rings. The molecule has 4 rings (SSSR count). The second-order valence-corrected chi connectivity index (χ2v) is 7.98. The summed E-state index contributed by atoms with van der Waals surface area (Å²) in [6.45, 7) is 5.62. The minimum Gasteiger partial charge on any atom is -0.493 e. The Kier molecular flexibility index (Phi) is 5.90. The van der Waals surface area contributed by atoms with Crippen molar-refractivity contribution in [1.29, 1.82) is 5.26 Å². The van der Waals surface area contributed by atoms with Gasteiger partial charge in [-0.3, -0.25) is 14.0 Å². The SMILES string of the molecule is COc1ccc(C(=O)N=c2c(C#N)cc3c(=O)n4cccc(C)c4nc3n2C(C)C)cc1OC. The zero-order chi connectivity index (χ0) is 24.6. The van der Waals surface area contributed by atoms with Gasteiger partial charge in [-0.2, -0.15) is 10.3 Å². The molecule has 0 aliphatic heterocycles. The summed E-state index contributed by atoms with van der Waals surface area (Å²) >= 11 is 0. The lowest BCUT2D eigenvalue weighted by atomic mass is 10.1. The highest BCUT2D eigenvalue weighted by molar-refractivity contribution is 5.95. The molecular formula is C25H23N5O4. The number of pyridine rings is 2. The van der Waals surface area contributed by atoms with Gasteiger partial charge < -0.3 is 14.0 Å². The number of benzene rings is 1. The van der Waals surface area contributed by atoms with Crippen LogP contribution in [0.25, 0.3) is 16.7 Å². The molecule has 0 bridgehead atoms. The van der Waals surface area contributed by atoms with E-state index < -0.39 is 5.91 Å². The van der Waals surface area contributed by atoms with Gasteiger partial charge in [0.1, 0.15) is 17.4 Å². The maximum atomic E-state index is 13.2. The van der Waals surface area contributed by atoms with Gasteiger partial charge in [-0.25, -0.2) is 4.98 Å². The molecule has 3 aromatic heterocycles. The molecule has 172 valence electrons. The summed E-state index contributed by atoms with van der Waals surface area (Å²) in [6.07, 6.45) is 1.64. The lowest BCUT2D eigenvalue weighted by Gasteiger charge is -2.17. The van der Waals surface area contributed by atoms with E-state index >= 15 is 0 Å². The van der Waals surface area contributed by atoms with Gasteiger partial charge in [0.05, 0.1) is 25.2 Å². The van der Waals surface area contributed by atoms with Crippen LogP contribution in [-0.4, -0.2) is 34.1 Å². The quantitative estimate of drug-likeness (QED) is 0.435. The molecule has 0 aliphatic carbocycles. The molecule has 0 atom stereocenters. The average Bonchev–Trinajstić information content (AvgIpc) is 2.83. The number of carbonyl (C=O) groups excluding carboxylic acids is 1. The first-order valence-corrected chi connectivity index (χ1v) is 10.6. The molecule has 0 aliphatic rings. The van der Waals surface area contributed by atoms with Crippen molar-refractivity contribution >= 4 is 22.6 Å². The maximum absolute atomic E-state index is 13.2. The summed E-state index contributed by atoms with van der Waals surface area (Å²) in [5, 5.41) is 10.1. The van der Waals surface area contributed by atoms with Gasteiger partial charge in [0, 0.05) is 17.8 Å². The zero-order valence-corrected chi connectivity index (χ0v) is 19.5. The molecule has 34 heavy (non-hydrogen) atoms. The molecule has 0 N–H and O–H groups in total. The van der Waals surface area contributed by atoms with E-state index in [-0.39, 0.29) is 33.6 Å². The summed E-state index contributed by atoms with van der Waals surface area (Å²) in [7, 11) is 2.98. The number of ether oxygens (including phenoxy) is 2. The monoisotopic (exact) mass is 457 g/mol. The van der Waals surface area contributed by atoms with Gasteiger partial charge >= 0.3 is 0 Å². The van der Waals surface area contributed by atoms with Gasteiger partial charge in [-0.1, -0.05) is 6.07 Å². The second kappa shape index (κ2) is 8.83. The molecule has 0 fully saturated rings. The fourth-order valence-electron chi connectivity index (χ4n) is 3.86. The van der Waals surface area contributed by atoms with Crippen molar-refractivity contribution in [3.63, 3.8) is 0 Å². The Morgan fingerprint density at radius 1 is 1.12 bits per heavy atom. The second-order valence-electron chi connectivity index (χ2n) is 7.98. The zero-order valence-electron chi connectivity index (χ0n) is 19.5. The molecule has 0 saturated carbocycles. The van der Waals surface area contributed by atoms with E-state index in [0.29, 0.717) is 22.8 Å². The number of carbonyl (C=O) groups is 1. The number of nitrogens with zero attached hydrogens (tertiary/aromatic N) is 5. The first-order valence-electron chi connectivity index (χ1n) is 10.6. The number of fused-ring (bicyclic) bond motifs is 2. The molecule has 0 saturated heterocycles. The van der Waals surface area contributed by atoms with Crippen LogP contribution in [0, 0.1) is 18.3 Å². The highest BCUT2D eigenvalue weighted by Crippen LogP contribution is 2.27. The number of nitriles is 1. The number of aryl methyl sites for hydroxylation is 1. The van der Waals surface area contributed by atoms with Gasteiger partial charge in [-0.05, 0) is 56.7 Å². The Balaban J connectivity index is 2.07. The van der Waals surface area contributed by atoms with Crippen molar-refractivity contribution in [2.45, 2.75) is 26.8 Å². The van der Waals surface area contributed by atoms with E-state index in [0.717, 1.165) is 5.56 Å². The van der Waals surface area contributed by atoms with Crippen LogP contribution in [0.4, 0.5) is 0 Å². The predicted octanol–water partition coefficient (Wildman–Crippen LogP) is 3.17. The lowest BCUT2D eigenvalue weighted by Crippen LogP contribution is -2.30. The van der Waals surface area contributed by atoms with Gasteiger partial charge in [-0.15, -0.1) is 0 Å². The number of methoxy groups -OCH3 is 2. The van der Waals surface area contributed by atoms with E-state index in [9.17, 15) is 14.9 Å². The number of hydrogen-bond donors (Lipinski definition) is 0. The van der Waals surface area contributed by atoms with Crippen molar-refractivity contribution in [2.24, 2.45) is 4.99 Å². The van der Waals surface area contributed by atoms with Crippen LogP contribution in [0.15, 0.2) is 52.4 Å². The van der Waals surface area contributed by atoms with Crippen LogP contribution >= 0.6 is 0 Å². The van der Waals surface area contributed by atoms with E-state index in [4.69, 9.17) is 14.5 Å². The summed E-state index contributed by atoms with van der Waals surface area (Å²) in [5.74, 6) is 0.294. The van der Waals surface area contributed by atoms with Crippen LogP contribution in [0.3, 0.4) is 0 Å². The van der Waals surface area contributed by atoms with E-state index in [1.807, 2.05) is 26.8 Å². The Hall–Kier alpha value is -4.45. The van der Waals surface area contributed by atoms with Crippen LogP contribution < -0.4 is 20.5 Å². The first-order chi connectivity index (χ1) is 16.3. The van der Waals surface area contributed by atoms with Crippen molar-refractivity contribution in [3.05, 3.63) is 75.1 Å². The largest absolute Gasteiger partial charge is 0.493 e. The lowest BCUT2D eigenvalue weighted by molar-refractivity contribution is 0.0996. The Labute approximate surface area is 195 Å². The summed E-state index contributed by atoms with van der Waals surface area (Å²) in [6, 6.07) is 11.6. The average molecular weight is 457 g/mol. The fourth-order valence-corrected chi connectivity index (χ4v) is 3.86. The normalized spacial score (nSPS) is 11.7. The van der Waals surface area contributed by atoms with E-state index in [1.165, 1.54) is 30.8 Å². The molecule has 3 heterocycles. The first kappa shape index (κ1) is 22.7. The number of hydrogen-bond acceptors (Lipinski definition) is 6. The Morgan fingerprint density at radius 3 is 2.50 bits per heavy atom. The van der Waals surface area contributed by atoms with Crippen molar-refractivity contribution in [2.75, 3.05) is 14.2 Å². The molecule has 9 nitrogen and oxygen atoms in total. The smallest absolute Gasteiger partial charge is 0.279 e. The molecular weight excluding hydrogens is 434 g/mol. The molecule has 9 heteroatoms. The Morgan fingerprint density at radius 2 is 1.85 bits per heavy atom. The molecule has 1 aromatic carbocycles. The summed E-state index contributed by atoms with van der Waals surface area (Å²) in [5.41, 5.74) is 1.87. The third-order valence-corrected chi connectivity index (χ3v) is 5.52. The standard InChI is InChI=1S/C25H23N5O4/c1-14(2)30-22(28-24(31)16-8-9-19(33-4)20(12-16)34-5)17(13-26)11-18-23(30)27-21-15(3)7-6-10-29(21)25(18)32/h6-12,14H,1-5H3. The van der Waals surface area contributed by atoms with Gasteiger partial charge in [0.15, 0.2) is 17.0 Å². The van der Waals surface area contributed by atoms with Gasteiger partial charge in [0.2, 0.25) is 0 Å². The fraction of sp³-hybridized carbons (Fsp3) is 0.240. The summed E-state index contributed by atoms with van der Waals surface area (Å²) < 4.78 is 13.6. The van der Waals surface area contributed by atoms with Crippen LogP contribution in [0.5, 0.6) is 11.5 Å². The number of rotatable bonds is 4. The number of amides is 1. The molecule has 0 spiro atoms. The summed E-state index contributed by atoms with van der Waals surface area (Å²) in [4.78, 5) is 35.4. The van der Waals surface area contributed by atoms with E-state index in [2.05, 4.69) is 11.1 Å². The third kappa shape index (κ3) is 3.69. The highest BCUT2D eigenvalue weighted by atomic mass is 16.5. The van der Waals surface area contributed by atoms with Crippen LogP contribution in [0.1, 0.15) is 41.4 Å². The highest BCUT2D eigenvalue weighted by Gasteiger charge is 2.18. The predicted molar refractivity (Wildman–Crippen MR) is 126 cm³/mol. The minimum atomic E-state index is -0.570. The Bertz CT molecular complexity index is 1620. The topological polar surface area (TPSA) is 111 Å². The van der Waals surface area contributed by atoms with Crippen molar-refractivity contribution in [1.82, 2.24) is 14.0 Å². The maximum Gasteiger partial charge on any atom is 0.279 e. The van der Waals surface area contributed by atoms with Crippen molar-refractivity contribution in [3.8, 4) is 17.6 Å².